The van der Waals surface area contributed by atoms with Gasteiger partial charge in [-0.3, -0.25) is 0 Å². The predicted octanol–water partition coefficient (Wildman–Crippen LogP) is 0.774. The van der Waals surface area contributed by atoms with Crippen molar-refractivity contribution in [1.82, 2.24) is 4.98 Å². The Bertz CT molecular complexity index is 176. The van der Waals surface area contributed by atoms with Gasteiger partial charge in [0.05, 0.1) is 11.5 Å². The number of hydrogen-bond acceptors (Lipinski definition) is 3. The molecule has 0 saturated heterocycles. The molecule has 0 spiro atoms. The SMILES string of the molecule is OCc1cnc(F)s1. The van der Waals surface area contributed by atoms with Gasteiger partial charge in [0.15, 0.2) is 0 Å². The van der Waals surface area contributed by atoms with Crippen molar-refractivity contribution in [3.8, 4) is 0 Å². The first kappa shape index (κ1) is 5.65. The van der Waals surface area contributed by atoms with E-state index in [1.165, 1.54) is 6.20 Å². The average molecular weight is 133 g/mol. The molecule has 0 atom stereocenters. The second kappa shape index (κ2) is 2.19. The fourth-order valence-electron chi connectivity index (χ4n) is 0.357. The Morgan fingerprint density at radius 3 is 2.88 bits per heavy atom. The minimum atomic E-state index is -0.492. The van der Waals surface area contributed by atoms with Gasteiger partial charge in [-0.15, -0.1) is 0 Å². The number of halogens is 1. The molecule has 0 bridgehead atoms. The predicted molar refractivity (Wildman–Crippen MR) is 28.0 cm³/mol. The van der Waals surface area contributed by atoms with Crippen LogP contribution in [0.3, 0.4) is 0 Å². The standard InChI is InChI=1S/C4H4FNOS/c5-4-6-1-3(2-7)8-4/h1,7H,2H2. The van der Waals surface area contributed by atoms with Crippen LogP contribution in [0.2, 0.25) is 0 Å². The molecule has 0 aliphatic rings. The van der Waals surface area contributed by atoms with Gasteiger partial charge in [0.1, 0.15) is 0 Å². The van der Waals surface area contributed by atoms with E-state index in [9.17, 15) is 4.39 Å². The van der Waals surface area contributed by atoms with Gasteiger partial charge in [0.2, 0.25) is 0 Å². The van der Waals surface area contributed by atoms with Crippen molar-refractivity contribution in [3.63, 3.8) is 0 Å². The molecule has 0 aromatic carbocycles. The lowest BCUT2D eigenvalue weighted by molar-refractivity contribution is 0.285. The Kier molecular flexibility index (Phi) is 1.55. The normalized spacial score (nSPS) is 9.75. The maximum atomic E-state index is 11.9. The molecule has 44 valence electrons. The summed E-state index contributed by atoms with van der Waals surface area (Å²) in [6.45, 7) is -0.123. The molecule has 1 aromatic rings. The zero-order valence-electron chi connectivity index (χ0n) is 3.97. The zero-order chi connectivity index (χ0) is 5.98. The molecule has 0 aliphatic carbocycles. The summed E-state index contributed by atoms with van der Waals surface area (Å²) in [7, 11) is 0. The highest BCUT2D eigenvalue weighted by Gasteiger charge is 1.95. The van der Waals surface area contributed by atoms with E-state index in [4.69, 9.17) is 5.11 Å². The van der Waals surface area contributed by atoms with Gasteiger partial charge < -0.3 is 5.11 Å². The van der Waals surface area contributed by atoms with Crippen LogP contribution >= 0.6 is 11.3 Å². The van der Waals surface area contributed by atoms with Crippen LogP contribution in [0.4, 0.5) is 4.39 Å². The van der Waals surface area contributed by atoms with Crippen molar-refractivity contribution in [2.75, 3.05) is 0 Å². The van der Waals surface area contributed by atoms with E-state index in [1.807, 2.05) is 0 Å². The van der Waals surface area contributed by atoms with Gasteiger partial charge in [-0.1, -0.05) is 11.3 Å². The number of aliphatic hydroxyl groups excluding tert-OH is 1. The first-order valence-electron chi connectivity index (χ1n) is 2.04. The number of thiazole rings is 1. The van der Waals surface area contributed by atoms with E-state index in [1.54, 1.807) is 0 Å². The summed E-state index contributed by atoms with van der Waals surface area (Å²) in [6, 6.07) is 0. The van der Waals surface area contributed by atoms with Crippen LogP contribution in [0.15, 0.2) is 6.20 Å². The van der Waals surface area contributed by atoms with E-state index in [0.29, 0.717) is 4.88 Å². The Hall–Kier alpha value is -0.480. The van der Waals surface area contributed by atoms with E-state index in [2.05, 4.69) is 4.98 Å². The highest BCUT2D eigenvalue weighted by atomic mass is 32.1. The summed E-state index contributed by atoms with van der Waals surface area (Å²) in [5.41, 5.74) is 0. The third-order valence-corrected chi connectivity index (χ3v) is 1.45. The molecule has 8 heavy (non-hydrogen) atoms. The number of hydrogen-bond donors (Lipinski definition) is 1. The Balaban J connectivity index is 2.84. The number of rotatable bonds is 1. The average Bonchev–Trinajstić information content (AvgIpc) is 2.14. The van der Waals surface area contributed by atoms with Gasteiger partial charge in [0.25, 0.3) is 5.26 Å². The highest BCUT2D eigenvalue weighted by Crippen LogP contribution is 2.09. The van der Waals surface area contributed by atoms with E-state index >= 15 is 0 Å². The fourth-order valence-corrected chi connectivity index (χ4v) is 0.848. The van der Waals surface area contributed by atoms with E-state index < -0.39 is 5.26 Å². The molecular weight excluding hydrogens is 129 g/mol. The summed E-state index contributed by atoms with van der Waals surface area (Å²) >= 11 is 0.860. The highest BCUT2D eigenvalue weighted by molar-refractivity contribution is 7.09. The van der Waals surface area contributed by atoms with Crippen LogP contribution < -0.4 is 0 Å². The summed E-state index contributed by atoms with van der Waals surface area (Å²) in [5.74, 6) is 0. The number of aliphatic hydroxyl groups is 1. The monoisotopic (exact) mass is 133 g/mol. The van der Waals surface area contributed by atoms with Crippen LogP contribution in [0.1, 0.15) is 4.88 Å². The van der Waals surface area contributed by atoms with Crippen molar-refractivity contribution >= 4 is 11.3 Å². The van der Waals surface area contributed by atoms with Crippen molar-refractivity contribution in [1.29, 1.82) is 0 Å². The molecule has 1 rings (SSSR count). The molecule has 0 amide bonds. The second-order valence-electron chi connectivity index (χ2n) is 1.24. The molecular formula is C4H4FNOS. The molecule has 0 aliphatic heterocycles. The van der Waals surface area contributed by atoms with Gasteiger partial charge in [-0.05, 0) is 0 Å². The number of nitrogens with zero attached hydrogens (tertiary/aromatic N) is 1. The van der Waals surface area contributed by atoms with Crippen LogP contribution in [0.5, 0.6) is 0 Å². The van der Waals surface area contributed by atoms with Crippen molar-refractivity contribution in [2.45, 2.75) is 6.61 Å². The van der Waals surface area contributed by atoms with E-state index in [-0.39, 0.29) is 6.61 Å². The summed E-state index contributed by atoms with van der Waals surface area (Å²) in [5, 5.41) is 7.86. The van der Waals surface area contributed by atoms with Crippen molar-refractivity contribution in [2.24, 2.45) is 0 Å². The zero-order valence-corrected chi connectivity index (χ0v) is 4.78. The van der Waals surface area contributed by atoms with Gasteiger partial charge in [-0.25, -0.2) is 4.98 Å². The first-order chi connectivity index (χ1) is 3.83. The Morgan fingerprint density at radius 1 is 1.88 bits per heavy atom. The first-order valence-corrected chi connectivity index (χ1v) is 2.85. The summed E-state index contributed by atoms with van der Waals surface area (Å²) in [6.07, 6.45) is 1.32. The molecule has 0 radical (unpaired) electrons. The quantitative estimate of drug-likeness (QED) is 0.614. The molecule has 0 saturated carbocycles. The van der Waals surface area contributed by atoms with Gasteiger partial charge in [0, 0.05) is 6.20 Å². The lowest BCUT2D eigenvalue weighted by Gasteiger charge is -1.77. The third-order valence-electron chi connectivity index (χ3n) is 0.681. The third kappa shape index (κ3) is 1.02. The van der Waals surface area contributed by atoms with E-state index in [0.717, 1.165) is 11.3 Å². The van der Waals surface area contributed by atoms with Crippen molar-refractivity contribution < 1.29 is 9.50 Å². The van der Waals surface area contributed by atoms with Crippen LogP contribution in [-0.4, -0.2) is 10.1 Å². The molecule has 0 fully saturated rings. The maximum Gasteiger partial charge on any atom is 0.269 e. The number of aromatic nitrogens is 1. The fraction of sp³-hybridized carbons (Fsp3) is 0.250. The van der Waals surface area contributed by atoms with Crippen molar-refractivity contribution in [3.05, 3.63) is 16.3 Å². The molecule has 1 N–H and O–H groups in total. The Labute approximate surface area is 49.6 Å². The molecule has 0 unspecified atom stereocenters. The van der Waals surface area contributed by atoms with Crippen LogP contribution in [0, 0.1) is 5.26 Å². The lowest BCUT2D eigenvalue weighted by Crippen LogP contribution is -1.70. The largest absolute Gasteiger partial charge is 0.391 e. The molecule has 4 heteroatoms. The molecule has 2 nitrogen and oxygen atoms in total. The maximum absolute atomic E-state index is 11.9. The summed E-state index contributed by atoms with van der Waals surface area (Å²) in [4.78, 5) is 3.84. The van der Waals surface area contributed by atoms with Gasteiger partial charge in [-0.2, -0.15) is 4.39 Å². The molecule has 1 aromatic heterocycles. The molecule has 1 heterocycles. The minimum Gasteiger partial charge on any atom is -0.391 e. The van der Waals surface area contributed by atoms with Gasteiger partial charge >= 0.3 is 0 Å². The topological polar surface area (TPSA) is 33.1 Å². The summed E-state index contributed by atoms with van der Waals surface area (Å²) < 4.78 is 11.9. The second-order valence-corrected chi connectivity index (χ2v) is 2.30. The Morgan fingerprint density at radius 2 is 2.62 bits per heavy atom. The smallest absolute Gasteiger partial charge is 0.269 e. The van der Waals surface area contributed by atoms with Crippen LogP contribution in [-0.2, 0) is 6.61 Å². The lowest BCUT2D eigenvalue weighted by atomic mass is 10.6. The van der Waals surface area contributed by atoms with Crippen LogP contribution in [0.25, 0.3) is 0 Å². The minimum absolute atomic E-state index is 0.123.